The Bertz CT molecular complexity index is 929. The highest BCUT2D eigenvalue weighted by Gasteiger charge is 2.65. The van der Waals surface area contributed by atoms with Crippen molar-refractivity contribution in [3.63, 3.8) is 0 Å². The van der Waals surface area contributed by atoms with E-state index in [1.54, 1.807) is 12.1 Å². The molecule has 3 aromatic carbocycles. The van der Waals surface area contributed by atoms with E-state index in [-0.39, 0.29) is 0 Å². The molecule has 0 atom stereocenters. The summed E-state index contributed by atoms with van der Waals surface area (Å²) in [5.74, 6) is 0. The number of rotatable bonds is 4. The lowest BCUT2D eigenvalue weighted by Gasteiger charge is -2.40. The second-order valence-electron chi connectivity index (χ2n) is 5.83. The third-order valence-corrected chi connectivity index (χ3v) is 4.97. The van der Waals surface area contributed by atoms with E-state index in [9.17, 15) is 19.4 Å². The fraction of sp³-hybridized carbons (Fsp3) is 0. The van der Waals surface area contributed by atoms with Gasteiger partial charge in [0.05, 0.1) is 0 Å². The second-order valence-corrected chi connectivity index (χ2v) is 8.24. The van der Waals surface area contributed by atoms with Crippen molar-refractivity contribution in [1.29, 1.82) is 0 Å². The number of hydrogen-bond acceptors (Lipinski definition) is 0. The quantitative estimate of drug-likeness (QED) is 0.317. The molecule has 26 heavy (non-hydrogen) atoms. The first-order valence-corrected chi connectivity index (χ1v) is 9.65. The smallest absolute Gasteiger partial charge is 0.0936 e. The molecule has 136 valence electrons. The van der Waals surface area contributed by atoms with E-state index in [4.69, 9.17) is 0 Å². The van der Waals surface area contributed by atoms with Crippen LogP contribution in [0.25, 0.3) is 11.6 Å². The van der Waals surface area contributed by atoms with Crippen molar-refractivity contribution < 1.29 is 19.4 Å². The maximum absolute atomic E-state index is 12.9. The Balaban J connectivity index is 2.11. The topological polar surface area (TPSA) is 0 Å². The Labute approximate surface area is 148 Å². The molecular weight excluding hydrogens is 367 g/mol. The van der Waals surface area contributed by atoms with Gasteiger partial charge in [-0.05, 0) is 40.5 Å². The Morgan fingerprint density at radius 1 is 0.577 bits per heavy atom. The van der Waals surface area contributed by atoms with Crippen molar-refractivity contribution in [3.05, 3.63) is 102 Å². The third kappa shape index (κ3) is 4.32. The Morgan fingerprint density at radius 3 is 1.54 bits per heavy atom. The van der Waals surface area contributed by atoms with Crippen LogP contribution in [0.5, 0.6) is 0 Å². The molecule has 0 heterocycles. The first-order chi connectivity index (χ1) is 12.0. The van der Waals surface area contributed by atoms with E-state index >= 15 is 0 Å². The lowest BCUT2D eigenvalue weighted by molar-refractivity contribution is 0.364. The van der Waals surface area contributed by atoms with Crippen LogP contribution < -0.4 is 0 Å². The predicted molar refractivity (Wildman–Crippen MR) is 97.7 cm³/mol. The normalized spacial score (nSPS) is 15.2. The molecule has 0 unspecified atom stereocenters. The van der Waals surface area contributed by atoms with Crippen LogP contribution in [0.1, 0.15) is 16.7 Å². The first kappa shape index (κ1) is 18.2. The Morgan fingerprint density at radius 2 is 1.04 bits per heavy atom. The number of hydrogen-bond donors (Lipinski definition) is 0. The molecule has 0 fully saturated rings. The van der Waals surface area contributed by atoms with Crippen LogP contribution >= 0.6 is 10.2 Å². The molecule has 0 saturated carbocycles. The van der Waals surface area contributed by atoms with Gasteiger partial charge in [0, 0.05) is 0 Å². The van der Waals surface area contributed by atoms with Crippen LogP contribution in [0, 0.1) is 0 Å². The van der Waals surface area contributed by atoms with Gasteiger partial charge in [-0.25, -0.2) is 0 Å². The fourth-order valence-electron chi connectivity index (χ4n) is 2.56. The maximum atomic E-state index is 12.9. The molecule has 0 amide bonds. The predicted octanol–water partition coefficient (Wildman–Crippen LogP) is 7.93. The summed E-state index contributed by atoms with van der Waals surface area (Å²) in [6.45, 7) is 0. The van der Waals surface area contributed by atoms with Gasteiger partial charge in [0.15, 0.2) is 0 Å². The van der Waals surface area contributed by atoms with Crippen LogP contribution in [0.15, 0.2) is 89.8 Å². The van der Waals surface area contributed by atoms with Crippen molar-refractivity contribution in [2.45, 2.75) is 4.90 Å². The van der Waals surface area contributed by atoms with E-state index in [1.807, 2.05) is 54.6 Å². The van der Waals surface area contributed by atoms with Gasteiger partial charge in [-0.3, -0.25) is 0 Å². The van der Waals surface area contributed by atoms with E-state index in [0.717, 1.165) is 23.3 Å². The van der Waals surface area contributed by atoms with Crippen molar-refractivity contribution in [2.75, 3.05) is 0 Å². The largest absolute Gasteiger partial charge is 0.310 e. The summed E-state index contributed by atoms with van der Waals surface area (Å²) >= 11 is 0. The van der Waals surface area contributed by atoms with Gasteiger partial charge in [0.2, 0.25) is 0 Å². The molecule has 0 saturated heterocycles. The minimum Gasteiger partial charge on any atom is -0.0936 e. The molecule has 0 radical (unpaired) electrons. The minimum absolute atomic E-state index is 0.422. The fourth-order valence-corrected chi connectivity index (χ4v) is 3.21. The molecule has 0 bridgehead atoms. The monoisotopic (exact) mass is 382 g/mol. The summed E-state index contributed by atoms with van der Waals surface area (Å²) in [5, 5.41) is 0. The number of benzene rings is 3. The van der Waals surface area contributed by atoms with Gasteiger partial charge in [-0.15, -0.1) is 0 Å². The molecule has 0 N–H and O–H groups in total. The molecule has 0 aliphatic carbocycles. The highest BCUT2D eigenvalue weighted by molar-refractivity contribution is 8.45. The molecule has 0 aliphatic rings. The van der Waals surface area contributed by atoms with Gasteiger partial charge < -0.3 is 0 Å². The summed E-state index contributed by atoms with van der Waals surface area (Å²) in [6, 6.07) is 21.3. The lowest BCUT2D eigenvalue weighted by atomic mass is 9.96. The number of halogens is 5. The van der Waals surface area contributed by atoms with Crippen molar-refractivity contribution in [3.8, 4) is 0 Å². The van der Waals surface area contributed by atoms with Gasteiger partial charge in [-0.1, -0.05) is 92.2 Å². The van der Waals surface area contributed by atoms with Gasteiger partial charge in [0.1, 0.15) is 4.90 Å². The Kier molecular flexibility index (Phi) is 3.99. The molecule has 3 rings (SSSR count). The van der Waals surface area contributed by atoms with Crippen LogP contribution in [-0.4, -0.2) is 0 Å². The summed E-state index contributed by atoms with van der Waals surface area (Å²) < 4.78 is 64.7. The molecule has 0 spiro atoms. The summed E-state index contributed by atoms with van der Waals surface area (Å²) in [5.41, 5.74) is 2.69. The van der Waals surface area contributed by atoms with Crippen LogP contribution in [0.4, 0.5) is 19.4 Å². The third-order valence-electron chi connectivity index (χ3n) is 3.81. The zero-order valence-corrected chi connectivity index (χ0v) is 14.3. The van der Waals surface area contributed by atoms with E-state index < -0.39 is 15.1 Å². The molecule has 3 aromatic rings. The highest BCUT2D eigenvalue weighted by Crippen LogP contribution is 3.02. The molecular formula is C20H15F5S. The van der Waals surface area contributed by atoms with Crippen LogP contribution in [0.2, 0.25) is 0 Å². The summed E-state index contributed by atoms with van der Waals surface area (Å²) in [6.07, 6.45) is 1.81. The maximum Gasteiger partial charge on any atom is 0.310 e. The highest BCUT2D eigenvalue weighted by atomic mass is 32.5. The van der Waals surface area contributed by atoms with E-state index in [0.29, 0.717) is 23.3 Å². The summed E-state index contributed by atoms with van der Waals surface area (Å²) in [7, 11) is -9.67. The zero-order chi connectivity index (χ0) is 18.9. The van der Waals surface area contributed by atoms with E-state index in [1.165, 1.54) is 0 Å². The zero-order valence-electron chi connectivity index (χ0n) is 13.5. The van der Waals surface area contributed by atoms with Crippen molar-refractivity contribution in [1.82, 2.24) is 0 Å². The Hall–Kier alpha value is -2.60. The average molecular weight is 382 g/mol. The SMILES string of the molecule is FS(F)(F)(F)(F)c1ccc(/C(=C/c2ccccc2)c2ccccc2)cc1. The minimum atomic E-state index is -9.67. The molecule has 6 heteroatoms. The molecule has 0 aromatic heterocycles. The lowest BCUT2D eigenvalue weighted by Crippen LogP contribution is -2.05. The van der Waals surface area contributed by atoms with E-state index in [2.05, 4.69) is 0 Å². The average Bonchev–Trinajstić information content (AvgIpc) is 2.60. The summed E-state index contributed by atoms with van der Waals surface area (Å²) in [4.78, 5) is -1.89. The molecule has 0 aliphatic heterocycles. The standard InChI is InChI=1S/C20H15F5S/c21-26(22,23,24,25)19-13-11-18(12-14-19)20(17-9-5-2-6-10-17)15-16-7-3-1-4-8-16/h1-15H/b20-15+. The van der Waals surface area contributed by atoms with Crippen LogP contribution in [0.3, 0.4) is 0 Å². The second kappa shape index (κ2) is 5.71. The first-order valence-electron chi connectivity index (χ1n) is 7.70. The van der Waals surface area contributed by atoms with Gasteiger partial charge in [0.25, 0.3) is 0 Å². The van der Waals surface area contributed by atoms with Crippen molar-refractivity contribution >= 4 is 21.9 Å². The van der Waals surface area contributed by atoms with Gasteiger partial charge in [-0.2, -0.15) is 0 Å². The van der Waals surface area contributed by atoms with Gasteiger partial charge >= 0.3 is 10.2 Å². The van der Waals surface area contributed by atoms with Crippen LogP contribution in [-0.2, 0) is 0 Å². The van der Waals surface area contributed by atoms with Crippen molar-refractivity contribution in [2.24, 2.45) is 0 Å². The molecule has 0 nitrogen and oxygen atoms in total.